The summed E-state index contributed by atoms with van der Waals surface area (Å²) in [5, 5.41) is 0. The number of carbonyl (C=O) groups excluding carboxylic acids is 2. The first kappa shape index (κ1) is 8.73. The number of Topliss-reactive ketones (excluding diaryl/α,β-unsaturated/α-hetero) is 1. The summed E-state index contributed by atoms with van der Waals surface area (Å²) in [6.45, 7) is 4.22. The summed E-state index contributed by atoms with van der Waals surface area (Å²) < 4.78 is 4.95. The van der Waals surface area contributed by atoms with Crippen molar-refractivity contribution in [3.63, 3.8) is 0 Å². The van der Waals surface area contributed by atoms with Crippen LogP contribution < -0.4 is 0 Å². The molecule has 1 unspecified atom stereocenters. The lowest BCUT2D eigenvalue weighted by molar-refractivity contribution is -0.150. The van der Waals surface area contributed by atoms with Crippen molar-refractivity contribution >= 4 is 11.8 Å². The van der Waals surface area contributed by atoms with Gasteiger partial charge in [-0.25, -0.2) is 0 Å². The molecule has 2 aliphatic carbocycles. The molecule has 0 amide bonds. The maximum Gasteiger partial charge on any atom is 0.309 e. The fraction of sp³-hybridized carbons (Fsp3) is 0.800. The molecule has 2 rings (SSSR count). The minimum Gasteiger partial charge on any atom is -0.466 e. The SMILES string of the molecule is CCOC(=O)C1CC(=O)[C@@H]2C[C@]12C. The Kier molecular flexibility index (Phi) is 1.72. The summed E-state index contributed by atoms with van der Waals surface area (Å²) in [5.74, 6) is 0.0609. The summed E-state index contributed by atoms with van der Waals surface area (Å²) in [6, 6.07) is 0. The number of fused-ring (bicyclic) bond motifs is 1. The van der Waals surface area contributed by atoms with Gasteiger partial charge < -0.3 is 4.74 Å². The van der Waals surface area contributed by atoms with Gasteiger partial charge in [-0.05, 0) is 18.8 Å². The van der Waals surface area contributed by atoms with Crippen molar-refractivity contribution in [3.05, 3.63) is 0 Å². The molecular formula is C10H14O3. The summed E-state index contributed by atoms with van der Waals surface area (Å²) in [7, 11) is 0. The molecule has 0 N–H and O–H groups in total. The van der Waals surface area contributed by atoms with Gasteiger partial charge in [0, 0.05) is 12.3 Å². The van der Waals surface area contributed by atoms with Crippen LogP contribution in [0.25, 0.3) is 0 Å². The number of hydrogen-bond acceptors (Lipinski definition) is 3. The van der Waals surface area contributed by atoms with Crippen LogP contribution in [0, 0.1) is 17.3 Å². The van der Waals surface area contributed by atoms with E-state index in [9.17, 15) is 9.59 Å². The maximum atomic E-state index is 11.5. The van der Waals surface area contributed by atoms with E-state index in [0.29, 0.717) is 13.0 Å². The predicted octanol–water partition coefficient (Wildman–Crippen LogP) is 1.16. The highest BCUT2D eigenvalue weighted by atomic mass is 16.5. The molecule has 0 aromatic heterocycles. The number of carbonyl (C=O) groups is 2. The first-order valence-corrected chi connectivity index (χ1v) is 4.79. The second kappa shape index (κ2) is 2.56. The lowest BCUT2D eigenvalue weighted by Gasteiger charge is -2.15. The monoisotopic (exact) mass is 182 g/mol. The van der Waals surface area contributed by atoms with Crippen LogP contribution >= 0.6 is 0 Å². The second-order valence-corrected chi connectivity index (χ2v) is 4.24. The molecule has 0 bridgehead atoms. The van der Waals surface area contributed by atoms with Gasteiger partial charge in [-0.1, -0.05) is 6.92 Å². The topological polar surface area (TPSA) is 43.4 Å². The average Bonchev–Trinajstić information content (AvgIpc) is 2.68. The Morgan fingerprint density at radius 1 is 1.69 bits per heavy atom. The highest BCUT2D eigenvalue weighted by Crippen LogP contribution is 2.64. The third-order valence-electron chi connectivity index (χ3n) is 3.44. The highest BCUT2D eigenvalue weighted by Gasteiger charge is 2.66. The largest absolute Gasteiger partial charge is 0.466 e. The number of rotatable bonds is 2. The molecule has 0 aromatic rings. The molecule has 0 heterocycles. The quantitative estimate of drug-likeness (QED) is 0.602. The molecule has 0 aliphatic heterocycles. The van der Waals surface area contributed by atoms with Crippen LogP contribution in [0.2, 0.25) is 0 Å². The summed E-state index contributed by atoms with van der Waals surface area (Å²) in [4.78, 5) is 22.8. The Balaban J connectivity index is 2.09. The lowest BCUT2D eigenvalue weighted by Crippen LogP contribution is -2.23. The summed E-state index contributed by atoms with van der Waals surface area (Å²) in [5.41, 5.74) is -0.0522. The Hall–Kier alpha value is -0.860. The van der Waals surface area contributed by atoms with Crippen LogP contribution in [0.4, 0.5) is 0 Å². The lowest BCUT2D eigenvalue weighted by atomic mass is 9.92. The highest BCUT2D eigenvalue weighted by molar-refractivity contribution is 5.94. The Bertz CT molecular complexity index is 271. The van der Waals surface area contributed by atoms with E-state index in [1.165, 1.54) is 0 Å². The van der Waals surface area contributed by atoms with E-state index in [4.69, 9.17) is 4.74 Å². The minimum atomic E-state index is -0.182. The van der Waals surface area contributed by atoms with Gasteiger partial charge in [0.05, 0.1) is 12.5 Å². The molecule has 0 radical (unpaired) electrons. The number of ether oxygens (including phenoxy) is 1. The molecule has 72 valence electrons. The van der Waals surface area contributed by atoms with Gasteiger partial charge in [0.2, 0.25) is 0 Å². The standard InChI is InChI=1S/C10H14O3/c1-3-13-9(12)6-4-8(11)7-5-10(6,7)2/h6-7H,3-5H2,1-2H3/t6?,7-,10+/m0/s1. The van der Waals surface area contributed by atoms with E-state index in [0.717, 1.165) is 6.42 Å². The molecule has 3 atom stereocenters. The van der Waals surface area contributed by atoms with Crippen molar-refractivity contribution < 1.29 is 14.3 Å². The van der Waals surface area contributed by atoms with Crippen LogP contribution in [0.15, 0.2) is 0 Å². The van der Waals surface area contributed by atoms with Gasteiger partial charge in [-0.3, -0.25) is 9.59 Å². The molecule has 2 fully saturated rings. The number of esters is 1. The molecule has 0 saturated heterocycles. The molecular weight excluding hydrogens is 168 g/mol. The summed E-state index contributed by atoms with van der Waals surface area (Å²) in [6.07, 6.45) is 1.29. The van der Waals surface area contributed by atoms with Crippen molar-refractivity contribution in [2.24, 2.45) is 17.3 Å². The Morgan fingerprint density at radius 3 is 2.77 bits per heavy atom. The predicted molar refractivity (Wildman–Crippen MR) is 46.0 cm³/mol. The molecule has 0 aromatic carbocycles. The molecule has 13 heavy (non-hydrogen) atoms. The third kappa shape index (κ3) is 1.10. The van der Waals surface area contributed by atoms with Crippen molar-refractivity contribution in [2.75, 3.05) is 6.61 Å². The Morgan fingerprint density at radius 2 is 2.38 bits per heavy atom. The molecule has 3 heteroatoms. The van der Waals surface area contributed by atoms with Gasteiger partial charge in [0.15, 0.2) is 0 Å². The number of ketones is 1. The van der Waals surface area contributed by atoms with Crippen LogP contribution in [0.5, 0.6) is 0 Å². The van der Waals surface area contributed by atoms with Crippen LogP contribution in [-0.2, 0) is 14.3 Å². The van der Waals surface area contributed by atoms with Gasteiger partial charge in [0.1, 0.15) is 5.78 Å². The average molecular weight is 182 g/mol. The van der Waals surface area contributed by atoms with Crippen molar-refractivity contribution in [1.82, 2.24) is 0 Å². The molecule has 2 aliphatic rings. The zero-order valence-corrected chi connectivity index (χ0v) is 8.00. The minimum absolute atomic E-state index is 0.0522. The normalized spacial score (nSPS) is 41.5. The van der Waals surface area contributed by atoms with Crippen LogP contribution in [0.3, 0.4) is 0 Å². The van der Waals surface area contributed by atoms with Crippen LogP contribution in [0.1, 0.15) is 26.7 Å². The van der Waals surface area contributed by atoms with E-state index >= 15 is 0 Å². The van der Waals surface area contributed by atoms with Crippen LogP contribution in [-0.4, -0.2) is 18.4 Å². The Labute approximate surface area is 77.4 Å². The zero-order chi connectivity index (χ0) is 9.64. The van der Waals surface area contributed by atoms with E-state index < -0.39 is 0 Å². The molecule has 2 saturated carbocycles. The zero-order valence-electron chi connectivity index (χ0n) is 8.00. The molecule has 0 spiro atoms. The second-order valence-electron chi connectivity index (χ2n) is 4.24. The van der Waals surface area contributed by atoms with Gasteiger partial charge in [-0.15, -0.1) is 0 Å². The van der Waals surface area contributed by atoms with Crippen molar-refractivity contribution in [1.29, 1.82) is 0 Å². The fourth-order valence-electron chi connectivity index (χ4n) is 2.42. The van der Waals surface area contributed by atoms with Gasteiger partial charge in [-0.2, -0.15) is 0 Å². The summed E-state index contributed by atoms with van der Waals surface area (Å²) >= 11 is 0. The molecule has 3 nitrogen and oxygen atoms in total. The number of hydrogen-bond donors (Lipinski definition) is 0. The maximum absolute atomic E-state index is 11.5. The fourth-order valence-corrected chi connectivity index (χ4v) is 2.42. The van der Waals surface area contributed by atoms with Gasteiger partial charge >= 0.3 is 5.97 Å². The van der Waals surface area contributed by atoms with E-state index in [1.807, 2.05) is 6.92 Å². The van der Waals surface area contributed by atoms with E-state index in [-0.39, 0.29) is 29.0 Å². The van der Waals surface area contributed by atoms with E-state index in [2.05, 4.69) is 0 Å². The first-order chi connectivity index (χ1) is 6.09. The first-order valence-electron chi connectivity index (χ1n) is 4.79. The van der Waals surface area contributed by atoms with Gasteiger partial charge in [0.25, 0.3) is 0 Å². The smallest absolute Gasteiger partial charge is 0.309 e. The van der Waals surface area contributed by atoms with Crippen molar-refractivity contribution in [2.45, 2.75) is 26.7 Å². The van der Waals surface area contributed by atoms with E-state index in [1.54, 1.807) is 6.92 Å². The van der Waals surface area contributed by atoms with Crippen molar-refractivity contribution in [3.8, 4) is 0 Å². The third-order valence-corrected chi connectivity index (χ3v) is 3.44.